The molecule has 5 N–H and O–H groups in total. The van der Waals surface area contributed by atoms with Crippen molar-refractivity contribution in [2.24, 2.45) is 23.5 Å². The van der Waals surface area contributed by atoms with Gasteiger partial charge in [0.05, 0.1) is 0 Å². The number of rotatable bonds is 12. The highest BCUT2D eigenvalue weighted by molar-refractivity contribution is 5.79. The fraction of sp³-hybridized carbons (Fsp3) is 0.824. The first-order valence-electron chi connectivity index (χ1n) is 8.89. The minimum Gasteiger partial charge on any atom is -0.356 e. The van der Waals surface area contributed by atoms with Gasteiger partial charge in [-0.05, 0) is 76.7 Å². The lowest BCUT2D eigenvalue weighted by Gasteiger charge is -2.17. The molecule has 126 valence electrons. The van der Waals surface area contributed by atoms with Crippen molar-refractivity contribution in [3.05, 3.63) is 12.2 Å². The summed E-state index contributed by atoms with van der Waals surface area (Å²) < 4.78 is 0. The molecule has 2 aliphatic carbocycles. The molecule has 2 aliphatic rings. The van der Waals surface area contributed by atoms with E-state index < -0.39 is 0 Å². The quantitative estimate of drug-likeness (QED) is 0.315. The van der Waals surface area contributed by atoms with Gasteiger partial charge in [-0.1, -0.05) is 12.2 Å². The van der Waals surface area contributed by atoms with E-state index in [9.17, 15) is 4.79 Å². The first-order chi connectivity index (χ1) is 10.8. The third kappa shape index (κ3) is 5.71. The van der Waals surface area contributed by atoms with E-state index in [2.05, 4.69) is 28.1 Å². The number of amides is 1. The van der Waals surface area contributed by atoms with Crippen molar-refractivity contribution >= 4 is 5.91 Å². The first-order valence-corrected chi connectivity index (χ1v) is 8.89. The van der Waals surface area contributed by atoms with Crippen LogP contribution in [0.25, 0.3) is 0 Å². The van der Waals surface area contributed by atoms with Crippen molar-refractivity contribution in [3.63, 3.8) is 0 Å². The monoisotopic (exact) mass is 308 g/mol. The third-order valence-corrected chi connectivity index (χ3v) is 4.71. The minimum absolute atomic E-state index is 0.238. The molecule has 0 saturated heterocycles. The predicted octanol–water partition coefficient (Wildman–Crippen LogP) is 0.623. The molecule has 5 heteroatoms. The number of carbonyl (C=O) groups is 1. The molecule has 2 rings (SSSR count). The van der Waals surface area contributed by atoms with E-state index in [-0.39, 0.29) is 11.8 Å². The molecule has 0 radical (unpaired) electrons. The zero-order valence-electron chi connectivity index (χ0n) is 13.7. The molecular weight excluding hydrogens is 276 g/mol. The molecule has 1 saturated carbocycles. The van der Waals surface area contributed by atoms with Gasteiger partial charge in [-0.3, -0.25) is 4.79 Å². The van der Waals surface area contributed by atoms with Crippen LogP contribution in [0, 0.1) is 17.8 Å². The average Bonchev–Trinajstić information content (AvgIpc) is 3.15. The maximum Gasteiger partial charge on any atom is 0.223 e. The molecule has 2 bridgehead atoms. The van der Waals surface area contributed by atoms with Gasteiger partial charge in [0.25, 0.3) is 0 Å². The lowest BCUT2D eigenvalue weighted by atomic mass is 9.93. The van der Waals surface area contributed by atoms with Crippen LogP contribution >= 0.6 is 0 Å². The molecular formula is C17H32N4O. The molecule has 0 aliphatic heterocycles. The maximum atomic E-state index is 12.1. The topological polar surface area (TPSA) is 79.2 Å². The summed E-state index contributed by atoms with van der Waals surface area (Å²) in [7, 11) is 0. The van der Waals surface area contributed by atoms with Gasteiger partial charge in [0.1, 0.15) is 0 Å². The normalized spacial score (nSPS) is 25.8. The summed E-state index contributed by atoms with van der Waals surface area (Å²) >= 11 is 0. The Kier molecular flexibility index (Phi) is 7.91. The zero-order chi connectivity index (χ0) is 15.6. The summed E-state index contributed by atoms with van der Waals surface area (Å²) in [5, 5.41) is 9.88. The SMILES string of the molecule is NCCCNCCCNCCCNC(=O)C1CC2C=CC1C2. The Labute approximate surface area is 134 Å². The first kappa shape index (κ1) is 17.4. The molecule has 1 fully saturated rings. The van der Waals surface area contributed by atoms with Crippen LogP contribution in [-0.4, -0.2) is 45.2 Å². The molecule has 3 atom stereocenters. The number of hydrogen-bond donors (Lipinski definition) is 4. The molecule has 1 amide bonds. The average molecular weight is 308 g/mol. The second-order valence-electron chi connectivity index (χ2n) is 6.53. The van der Waals surface area contributed by atoms with E-state index in [1.807, 2.05) is 0 Å². The molecule has 22 heavy (non-hydrogen) atoms. The molecule has 0 aromatic heterocycles. The van der Waals surface area contributed by atoms with E-state index in [4.69, 9.17) is 5.73 Å². The Hall–Kier alpha value is -0.910. The summed E-state index contributed by atoms with van der Waals surface area (Å²) in [6, 6.07) is 0. The van der Waals surface area contributed by atoms with Crippen molar-refractivity contribution in [1.29, 1.82) is 0 Å². The lowest BCUT2D eigenvalue weighted by molar-refractivity contribution is -0.125. The Morgan fingerprint density at radius 3 is 2.23 bits per heavy atom. The molecule has 0 aromatic carbocycles. The maximum absolute atomic E-state index is 12.1. The molecule has 3 unspecified atom stereocenters. The van der Waals surface area contributed by atoms with Crippen LogP contribution in [0.4, 0.5) is 0 Å². The third-order valence-electron chi connectivity index (χ3n) is 4.71. The van der Waals surface area contributed by atoms with Crippen LogP contribution in [0.3, 0.4) is 0 Å². The van der Waals surface area contributed by atoms with Crippen LogP contribution in [-0.2, 0) is 4.79 Å². The van der Waals surface area contributed by atoms with E-state index in [0.29, 0.717) is 11.8 Å². The van der Waals surface area contributed by atoms with E-state index in [1.165, 1.54) is 6.42 Å². The van der Waals surface area contributed by atoms with Crippen LogP contribution in [0.1, 0.15) is 32.1 Å². The fourth-order valence-electron chi connectivity index (χ4n) is 3.45. The van der Waals surface area contributed by atoms with Gasteiger partial charge in [-0.2, -0.15) is 0 Å². The van der Waals surface area contributed by atoms with Crippen LogP contribution in [0.15, 0.2) is 12.2 Å². The number of carbonyl (C=O) groups excluding carboxylic acids is 1. The van der Waals surface area contributed by atoms with Gasteiger partial charge in [0, 0.05) is 12.5 Å². The van der Waals surface area contributed by atoms with Gasteiger partial charge >= 0.3 is 0 Å². The predicted molar refractivity (Wildman–Crippen MR) is 90.5 cm³/mol. The Morgan fingerprint density at radius 2 is 1.64 bits per heavy atom. The number of nitrogens with one attached hydrogen (secondary N) is 3. The van der Waals surface area contributed by atoms with Crippen molar-refractivity contribution in [2.45, 2.75) is 32.1 Å². The number of nitrogens with two attached hydrogens (primary N) is 1. The van der Waals surface area contributed by atoms with Gasteiger partial charge < -0.3 is 21.7 Å². The van der Waals surface area contributed by atoms with Crippen LogP contribution < -0.4 is 21.7 Å². The van der Waals surface area contributed by atoms with Crippen LogP contribution in [0.2, 0.25) is 0 Å². The molecule has 0 heterocycles. The van der Waals surface area contributed by atoms with Crippen molar-refractivity contribution < 1.29 is 4.79 Å². The highest BCUT2D eigenvalue weighted by atomic mass is 16.1. The number of fused-ring (bicyclic) bond motifs is 2. The molecule has 0 aromatic rings. The largest absolute Gasteiger partial charge is 0.356 e. The van der Waals surface area contributed by atoms with Gasteiger partial charge in [-0.25, -0.2) is 0 Å². The fourth-order valence-corrected chi connectivity index (χ4v) is 3.45. The lowest BCUT2D eigenvalue weighted by Crippen LogP contribution is -2.34. The number of allylic oxidation sites excluding steroid dienone is 2. The second-order valence-corrected chi connectivity index (χ2v) is 6.53. The van der Waals surface area contributed by atoms with E-state index >= 15 is 0 Å². The van der Waals surface area contributed by atoms with Crippen molar-refractivity contribution in [3.8, 4) is 0 Å². The van der Waals surface area contributed by atoms with Crippen LogP contribution in [0.5, 0.6) is 0 Å². The molecule has 5 nitrogen and oxygen atoms in total. The van der Waals surface area contributed by atoms with Gasteiger partial charge in [0.15, 0.2) is 0 Å². The second kappa shape index (κ2) is 9.98. The summed E-state index contributed by atoms with van der Waals surface area (Å²) in [6.45, 7) is 5.61. The van der Waals surface area contributed by atoms with Gasteiger partial charge in [-0.15, -0.1) is 0 Å². The van der Waals surface area contributed by atoms with Crippen molar-refractivity contribution in [2.75, 3.05) is 39.3 Å². The smallest absolute Gasteiger partial charge is 0.223 e. The highest BCUT2D eigenvalue weighted by Gasteiger charge is 2.39. The summed E-state index contributed by atoms with van der Waals surface area (Å²) in [4.78, 5) is 12.1. The Bertz CT molecular complexity index is 359. The van der Waals surface area contributed by atoms with Crippen molar-refractivity contribution in [1.82, 2.24) is 16.0 Å². The van der Waals surface area contributed by atoms with E-state index in [0.717, 1.165) is 65.0 Å². The Balaban J connectivity index is 1.37. The Morgan fingerprint density at radius 1 is 0.955 bits per heavy atom. The minimum atomic E-state index is 0.238. The summed E-state index contributed by atoms with van der Waals surface area (Å²) in [6.07, 6.45) is 9.95. The highest BCUT2D eigenvalue weighted by Crippen LogP contribution is 2.43. The zero-order valence-corrected chi connectivity index (χ0v) is 13.7. The van der Waals surface area contributed by atoms with E-state index in [1.54, 1.807) is 0 Å². The summed E-state index contributed by atoms with van der Waals surface area (Å²) in [5.41, 5.74) is 5.43. The summed E-state index contributed by atoms with van der Waals surface area (Å²) in [5.74, 6) is 1.68. The standard InChI is InChI=1S/C17H32N4O/c18-6-1-7-19-8-2-9-20-10-3-11-21-17(22)16-13-14-4-5-15(16)12-14/h4-5,14-16,19-20H,1-3,6-13,18H2,(H,21,22). The van der Waals surface area contributed by atoms with Gasteiger partial charge in [0.2, 0.25) is 5.91 Å². The molecule has 0 spiro atoms. The number of hydrogen-bond acceptors (Lipinski definition) is 4.